The topological polar surface area (TPSA) is 46.5 Å². The van der Waals surface area contributed by atoms with Gasteiger partial charge in [-0.05, 0) is 31.8 Å². The van der Waals surface area contributed by atoms with Crippen molar-refractivity contribution in [3.05, 3.63) is 23.3 Å². The smallest absolute Gasteiger partial charge is 0.334 e. The number of hydrogen-bond acceptors (Lipinski definition) is 3. The van der Waals surface area contributed by atoms with Crippen LogP contribution in [0.4, 0.5) is 0 Å². The van der Waals surface area contributed by atoms with E-state index in [1.54, 1.807) is 0 Å². The van der Waals surface area contributed by atoms with Crippen LogP contribution in [0.1, 0.15) is 59.8 Å². The Labute approximate surface area is 116 Å². The summed E-state index contributed by atoms with van der Waals surface area (Å²) in [5.74, 6) is -0.184. The summed E-state index contributed by atoms with van der Waals surface area (Å²) in [6, 6.07) is 0. The summed E-state index contributed by atoms with van der Waals surface area (Å²) in [6.07, 6.45) is 7.22. The molecule has 2 atom stereocenters. The van der Waals surface area contributed by atoms with Crippen molar-refractivity contribution in [2.75, 3.05) is 0 Å². The maximum atomic E-state index is 11.8. The molecule has 0 aromatic rings. The van der Waals surface area contributed by atoms with E-state index >= 15 is 0 Å². The molecule has 0 saturated carbocycles. The number of rotatable bonds is 7. The van der Waals surface area contributed by atoms with Gasteiger partial charge in [-0.2, -0.15) is 0 Å². The lowest BCUT2D eigenvalue weighted by Crippen LogP contribution is -2.28. The second kappa shape index (κ2) is 6.90. The van der Waals surface area contributed by atoms with Crippen LogP contribution in [-0.2, 0) is 9.53 Å². The lowest BCUT2D eigenvalue weighted by molar-refractivity contribution is -0.146. The Hall–Kier alpha value is -1.09. The predicted octanol–water partition coefficient (Wildman–Crippen LogP) is 3.53. The lowest BCUT2D eigenvalue weighted by Gasteiger charge is -2.26. The molecule has 1 aliphatic heterocycles. The van der Waals surface area contributed by atoms with Crippen LogP contribution in [0.15, 0.2) is 23.3 Å². The van der Waals surface area contributed by atoms with Gasteiger partial charge in [0.15, 0.2) is 0 Å². The van der Waals surface area contributed by atoms with Crippen molar-refractivity contribution < 1.29 is 14.6 Å². The third-order valence-electron chi connectivity index (χ3n) is 3.80. The van der Waals surface area contributed by atoms with Crippen molar-refractivity contribution in [2.45, 2.75) is 71.5 Å². The molecule has 1 rings (SSSR count). The van der Waals surface area contributed by atoms with Crippen molar-refractivity contribution in [1.29, 1.82) is 0 Å². The summed E-state index contributed by atoms with van der Waals surface area (Å²) in [5.41, 5.74) is 1.42. The molecule has 0 aromatic heterocycles. The summed E-state index contributed by atoms with van der Waals surface area (Å²) in [4.78, 5) is 11.8. The summed E-state index contributed by atoms with van der Waals surface area (Å²) < 4.78 is 5.60. The molecule has 1 heterocycles. The molecule has 1 aliphatic rings. The molecule has 0 unspecified atom stereocenters. The Kier molecular flexibility index (Phi) is 5.80. The predicted molar refractivity (Wildman–Crippen MR) is 76.8 cm³/mol. The Bertz CT molecular complexity index is 381. The van der Waals surface area contributed by atoms with E-state index in [0.717, 1.165) is 24.0 Å². The zero-order chi connectivity index (χ0) is 14.5. The Balaban J connectivity index is 2.90. The fourth-order valence-corrected chi connectivity index (χ4v) is 2.36. The van der Waals surface area contributed by atoms with Crippen LogP contribution in [0.25, 0.3) is 0 Å². The third-order valence-corrected chi connectivity index (χ3v) is 3.80. The highest BCUT2D eigenvalue weighted by atomic mass is 16.6. The maximum Gasteiger partial charge on any atom is 0.334 e. The summed E-state index contributed by atoms with van der Waals surface area (Å²) >= 11 is 0. The van der Waals surface area contributed by atoms with E-state index in [0.29, 0.717) is 19.3 Å². The molecule has 0 spiro atoms. The van der Waals surface area contributed by atoms with Gasteiger partial charge in [-0.1, -0.05) is 39.3 Å². The lowest BCUT2D eigenvalue weighted by atomic mass is 9.89. The van der Waals surface area contributed by atoms with Gasteiger partial charge in [-0.3, -0.25) is 0 Å². The number of hydrogen-bond donors (Lipinski definition) is 1. The van der Waals surface area contributed by atoms with E-state index in [1.165, 1.54) is 0 Å². The van der Waals surface area contributed by atoms with Crippen molar-refractivity contribution in [3.63, 3.8) is 0 Å². The van der Waals surface area contributed by atoms with Gasteiger partial charge in [0.2, 0.25) is 0 Å². The third kappa shape index (κ3) is 3.93. The van der Waals surface area contributed by atoms with Gasteiger partial charge in [0.1, 0.15) is 5.60 Å². The molecule has 108 valence electrons. The molecule has 0 aliphatic carbocycles. The van der Waals surface area contributed by atoms with Crippen molar-refractivity contribution in [2.24, 2.45) is 0 Å². The number of aliphatic hydroxyl groups is 1. The minimum atomic E-state index is -0.502. The van der Waals surface area contributed by atoms with Gasteiger partial charge in [0.05, 0.1) is 6.10 Å². The molecular weight excluding hydrogens is 240 g/mol. The summed E-state index contributed by atoms with van der Waals surface area (Å²) in [5, 5.41) is 9.74. The van der Waals surface area contributed by atoms with Gasteiger partial charge in [-0.15, -0.1) is 0 Å². The first kappa shape index (κ1) is 16.0. The summed E-state index contributed by atoms with van der Waals surface area (Å²) in [6.45, 7) is 8.02. The van der Waals surface area contributed by atoms with E-state index in [-0.39, 0.29) is 5.97 Å². The van der Waals surface area contributed by atoms with Crippen molar-refractivity contribution in [1.82, 2.24) is 0 Å². The Morgan fingerprint density at radius 2 is 2.11 bits per heavy atom. The zero-order valence-corrected chi connectivity index (χ0v) is 12.5. The number of aliphatic hydroxyl groups excluding tert-OH is 1. The van der Waals surface area contributed by atoms with E-state index in [2.05, 4.69) is 6.92 Å². The van der Waals surface area contributed by atoms with Crippen LogP contribution < -0.4 is 0 Å². The van der Waals surface area contributed by atoms with E-state index in [9.17, 15) is 9.90 Å². The highest BCUT2D eigenvalue weighted by Gasteiger charge is 2.38. The van der Waals surface area contributed by atoms with Gasteiger partial charge in [-0.25, -0.2) is 4.79 Å². The van der Waals surface area contributed by atoms with Crippen LogP contribution >= 0.6 is 0 Å². The van der Waals surface area contributed by atoms with Crippen LogP contribution in [0.5, 0.6) is 0 Å². The minimum absolute atomic E-state index is 0.184. The first-order valence-electron chi connectivity index (χ1n) is 7.32. The number of ether oxygens (including phenoxy) is 1. The number of carbonyl (C=O) groups is 1. The molecule has 0 amide bonds. The van der Waals surface area contributed by atoms with E-state index in [4.69, 9.17) is 4.74 Å². The average Bonchev–Trinajstić information content (AvgIpc) is 2.74. The molecule has 0 saturated heterocycles. The van der Waals surface area contributed by atoms with Crippen molar-refractivity contribution >= 4 is 5.97 Å². The molecule has 1 N–H and O–H groups in total. The molecular formula is C16H26O3. The Morgan fingerprint density at radius 1 is 1.42 bits per heavy atom. The SMILES string of the molecule is CCC1=C[C@@](CC)(C/C(=C/[C@@H](O)CC)CC)OC1=O. The maximum absolute atomic E-state index is 11.8. The van der Waals surface area contributed by atoms with Crippen LogP contribution in [-0.4, -0.2) is 22.8 Å². The first-order valence-corrected chi connectivity index (χ1v) is 7.32. The molecule has 0 bridgehead atoms. The molecule has 19 heavy (non-hydrogen) atoms. The fourth-order valence-electron chi connectivity index (χ4n) is 2.36. The highest BCUT2D eigenvalue weighted by molar-refractivity contribution is 5.91. The Morgan fingerprint density at radius 3 is 2.53 bits per heavy atom. The van der Waals surface area contributed by atoms with Gasteiger partial charge in [0.25, 0.3) is 0 Å². The molecule has 0 fully saturated rings. The van der Waals surface area contributed by atoms with Gasteiger partial charge < -0.3 is 9.84 Å². The fraction of sp³-hybridized carbons (Fsp3) is 0.688. The zero-order valence-electron chi connectivity index (χ0n) is 12.5. The highest BCUT2D eigenvalue weighted by Crippen LogP contribution is 2.35. The molecule has 0 aromatic carbocycles. The van der Waals surface area contributed by atoms with Crippen LogP contribution in [0.2, 0.25) is 0 Å². The standard InChI is InChI=1S/C16H26O3/c1-5-12(9-14(17)7-3)10-16(8-4)11-13(6-2)15(18)19-16/h9,11,14,17H,5-8,10H2,1-4H3/b12-9+/t14-,16+/m0/s1. The normalized spacial score (nSPS) is 25.2. The molecule has 3 heteroatoms. The van der Waals surface area contributed by atoms with Crippen molar-refractivity contribution in [3.8, 4) is 0 Å². The monoisotopic (exact) mass is 266 g/mol. The minimum Gasteiger partial charge on any atom is -0.451 e. The quantitative estimate of drug-likeness (QED) is 0.566. The molecule has 3 nitrogen and oxygen atoms in total. The van der Waals surface area contributed by atoms with Gasteiger partial charge in [0, 0.05) is 12.0 Å². The van der Waals surface area contributed by atoms with E-state index < -0.39 is 11.7 Å². The van der Waals surface area contributed by atoms with Gasteiger partial charge >= 0.3 is 5.97 Å². The number of carbonyl (C=O) groups excluding carboxylic acids is 1. The number of cyclic esters (lactones) is 1. The largest absolute Gasteiger partial charge is 0.451 e. The average molecular weight is 266 g/mol. The van der Waals surface area contributed by atoms with Crippen LogP contribution in [0.3, 0.4) is 0 Å². The second-order valence-corrected chi connectivity index (χ2v) is 5.16. The van der Waals surface area contributed by atoms with Crippen LogP contribution in [0, 0.1) is 0 Å². The summed E-state index contributed by atoms with van der Waals surface area (Å²) in [7, 11) is 0. The van der Waals surface area contributed by atoms with E-state index in [1.807, 2.05) is 32.9 Å². The first-order chi connectivity index (χ1) is 9.00. The molecule has 0 radical (unpaired) electrons. The number of esters is 1. The second-order valence-electron chi connectivity index (χ2n) is 5.16.